The van der Waals surface area contributed by atoms with Gasteiger partial charge in [0.05, 0.1) is 25.2 Å². The molecule has 114 valence electrons. The van der Waals surface area contributed by atoms with Crippen LogP contribution < -0.4 is 9.64 Å². The maximum absolute atomic E-state index is 12.4. The lowest BCUT2D eigenvalue weighted by Crippen LogP contribution is -2.67. The number of hydrogen-bond donors (Lipinski definition) is 1. The van der Waals surface area contributed by atoms with Crippen molar-refractivity contribution >= 4 is 11.6 Å². The fourth-order valence-corrected chi connectivity index (χ4v) is 2.98. The van der Waals surface area contributed by atoms with Gasteiger partial charge >= 0.3 is 0 Å². The summed E-state index contributed by atoms with van der Waals surface area (Å²) in [6.45, 7) is 7.70. The molecule has 1 aliphatic heterocycles. The molecule has 21 heavy (non-hydrogen) atoms. The van der Waals surface area contributed by atoms with Crippen LogP contribution in [0.3, 0.4) is 0 Å². The second-order valence-corrected chi connectivity index (χ2v) is 5.76. The van der Waals surface area contributed by atoms with Crippen molar-refractivity contribution in [3.63, 3.8) is 0 Å². The topological polar surface area (TPSA) is 49.8 Å². The van der Waals surface area contributed by atoms with Crippen LogP contribution in [0.15, 0.2) is 36.9 Å². The lowest BCUT2D eigenvalue weighted by atomic mass is 9.75. The standard InChI is InChI=1S/C17H23NO3/c1-5-6-14(19)16-15(11(2)3)17(20)18(16)12-7-9-13(21-4)10-8-12/h5,7-11,14-16,19H,1,6H2,2-4H3. The van der Waals surface area contributed by atoms with Gasteiger partial charge in [-0.15, -0.1) is 6.58 Å². The van der Waals surface area contributed by atoms with E-state index >= 15 is 0 Å². The number of methoxy groups -OCH3 is 1. The Balaban J connectivity index is 2.27. The fraction of sp³-hybridized carbons (Fsp3) is 0.471. The molecule has 1 N–H and O–H groups in total. The molecule has 0 radical (unpaired) electrons. The Morgan fingerprint density at radius 3 is 2.48 bits per heavy atom. The first-order chi connectivity index (χ1) is 10.0. The van der Waals surface area contributed by atoms with Crippen molar-refractivity contribution in [2.45, 2.75) is 32.4 Å². The summed E-state index contributed by atoms with van der Waals surface area (Å²) in [6, 6.07) is 7.15. The van der Waals surface area contributed by atoms with Crippen molar-refractivity contribution in [1.82, 2.24) is 0 Å². The van der Waals surface area contributed by atoms with Crippen molar-refractivity contribution in [2.24, 2.45) is 11.8 Å². The quantitative estimate of drug-likeness (QED) is 0.647. The molecule has 1 fully saturated rings. The number of nitrogens with zero attached hydrogens (tertiary/aromatic N) is 1. The van der Waals surface area contributed by atoms with E-state index in [1.54, 1.807) is 18.1 Å². The molecule has 0 saturated carbocycles. The minimum atomic E-state index is -0.588. The lowest BCUT2D eigenvalue weighted by molar-refractivity contribution is -0.135. The predicted molar refractivity (Wildman–Crippen MR) is 83.4 cm³/mol. The monoisotopic (exact) mass is 289 g/mol. The first-order valence-corrected chi connectivity index (χ1v) is 7.27. The maximum atomic E-state index is 12.4. The molecule has 1 aromatic carbocycles. The van der Waals surface area contributed by atoms with Crippen molar-refractivity contribution in [1.29, 1.82) is 0 Å². The first kappa shape index (κ1) is 15.6. The number of hydrogen-bond acceptors (Lipinski definition) is 3. The average molecular weight is 289 g/mol. The van der Waals surface area contributed by atoms with E-state index < -0.39 is 6.10 Å². The smallest absolute Gasteiger partial charge is 0.232 e. The van der Waals surface area contributed by atoms with Crippen molar-refractivity contribution in [3.8, 4) is 5.75 Å². The van der Waals surface area contributed by atoms with Crippen LogP contribution in [0.5, 0.6) is 5.75 Å². The summed E-state index contributed by atoms with van der Waals surface area (Å²) in [5.74, 6) is 0.886. The number of carbonyl (C=O) groups excluding carboxylic acids is 1. The summed E-state index contributed by atoms with van der Waals surface area (Å²) in [7, 11) is 1.61. The minimum Gasteiger partial charge on any atom is -0.497 e. The van der Waals surface area contributed by atoms with Crippen molar-refractivity contribution in [3.05, 3.63) is 36.9 Å². The maximum Gasteiger partial charge on any atom is 0.232 e. The molecule has 3 atom stereocenters. The molecule has 1 heterocycles. The van der Waals surface area contributed by atoms with E-state index in [1.807, 2.05) is 38.1 Å². The molecule has 2 rings (SSSR count). The Morgan fingerprint density at radius 1 is 1.38 bits per heavy atom. The predicted octanol–water partition coefficient (Wildman–Crippen LogP) is 2.62. The number of anilines is 1. The summed E-state index contributed by atoms with van der Waals surface area (Å²) in [5, 5.41) is 10.3. The molecule has 0 bridgehead atoms. The van der Waals surface area contributed by atoms with Crippen LogP contribution in [-0.4, -0.2) is 30.3 Å². The Labute approximate surface area is 126 Å². The van der Waals surface area contributed by atoms with Crippen LogP contribution in [0.4, 0.5) is 5.69 Å². The molecule has 4 heteroatoms. The molecule has 1 amide bonds. The van der Waals surface area contributed by atoms with Gasteiger partial charge in [0, 0.05) is 5.69 Å². The third kappa shape index (κ3) is 2.81. The van der Waals surface area contributed by atoms with Gasteiger partial charge in [-0.1, -0.05) is 19.9 Å². The molecular weight excluding hydrogens is 266 g/mol. The summed E-state index contributed by atoms with van der Waals surface area (Å²) in [6.07, 6.45) is 1.58. The number of amides is 1. The summed E-state index contributed by atoms with van der Waals surface area (Å²) in [4.78, 5) is 14.1. The van der Waals surface area contributed by atoms with Gasteiger partial charge in [0.2, 0.25) is 5.91 Å². The van der Waals surface area contributed by atoms with Gasteiger partial charge in [0.1, 0.15) is 5.75 Å². The molecule has 1 saturated heterocycles. The molecule has 0 spiro atoms. The molecular formula is C17H23NO3. The molecule has 1 aromatic rings. The molecule has 4 nitrogen and oxygen atoms in total. The van der Waals surface area contributed by atoms with E-state index in [4.69, 9.17) is 4.74 Å². The van der Waals surface area contributed by atoms with Gasteiger partial charge in [-0.2, -0.15) is 0 Å². The summed E-state index contributed by atoms with van der Waals surface area (Å²) in [5.41, 5.74) is 0.797. The number of rotatable bonds is 6. The van der Waals surface area contributed by atoms with E-state index in [2.05, 4.69) is 6.58 Å². The number of aliphatic hydroxyl groups excluding tert-OH is 1. The third-order valence-corrected chi connectivity index (χ3v) is 4.06. The van der Waals surface area contributed by atoms with Crippen LogP contribution >= 0.6 is 0 Å². The highest BCUT2D eigenvalue weighted by Gasteiger charge is 2.52. The molecule has 1 aliphatic rings. The van der Waals surface area contributed by atoms with Gasteiger partial charge in [-0.05, 0) is 36.6 Å². The number of carbonyl (C=O) groups is 1. The van der Waals surface area contributed by atoms with Gasteiger partial charge in [-0.25, -0.2) is 0 Å². The highest BCUT2D eigenvalue weighted by molar-refractivity contribution is 6.03. The van der Waals surface area contributed by atoms with Gasteiger partial charge < -0.3 is 14.7 Å². The van der Waals surface area contributed by atoms with E-state index in [0.29, 0.717) is 6.42 Å². The minimum absolute atomic E-state index is 0.0725. The van der Waals surface area contributed by atoms with Crippen LogP contribution in [0.1, 0.15) is 20.3 Å². The van der Waals surface area contributed by atoms with Crippen molar-refractivity contribution < 1.29 is 14.6 Å². The lowest BCUT2D eigenvalue weighted by Gasteiger charge is -2.51. The zero-order valence-corrected chi connectivity index (χ0v) is 12.8. The highest BCUT2D eigenvalue weighted by atomic mass is 16.5. The van der Waals surface area contributed by atoms with Crippen LogP contribution in [0.25, 0.3) is 0 Å². The van der Waals surface area contributed by atoms with Crippen LogP contribution in [0.2, 0.25) is 0 Å². The molecule has 0 aliphatic carbocycles. The summed E-state index contributed by atoms with van der Waals surface area (Å²) < 4.78 is 5.13. The third-order valence-electron chi connectivity index (χ3n) is 4.06. The van der Waals surface area contributed by atoms with Crippen LogP contribution in [-0.2, 0) is 4.79 Å². The Hall–Kier alpha value is -1.81. The SMILES string of the molecule is C=CCC(O)C1C(C(C)C)C(=O)N1c1ccc(OC)cc1. The average Bonchev–Trinajstić information content (AvgIpc) is 2.45. The van der Waals surface area contributed by atoms with Gasteiger partial charge in [-0.3, -0.25) is 4.79 Å². The number of aliphatic hydroxyl groups is 1. The van der Waals surface area contributed by atoms with Crippen molar-refractivity contribution in [2.75, 3.05) is 12.0 Å². The molecule has 3 unspecified atom stereocenters. The Morgan fingerprint density at radius 2 is 2.00 bits per heavy atom. The Kier molecular flexibility index (Phi) is 4.68. The first-order valence-electron chi connectivity index (χ1n) is 7.27. The number of β-lactam (4-membered cyclic amide) rings is 1. The normalized spacial score (nSPS) is 22.9. The zero-order chi connectivity index (χ0) is 15.6. The largest absolute Gasteiger partial charge is 0.497 e. The van der Waals surface area contributed by atoms with E-state index in [1.165, 1.54) is 0 Å². The van der Waals surface area contributed by atoms with Crippen LogP contribution in [0, 0.1) is 11.8 Å². The summed E-state index contributed by atoms with van der Waals surface area (Å²) >= 11 is 0. The van der Waals surface area contributed by atoms with E-state index in [0.717, 1.165) is 11.4 Å². The van der Waals surface area contributed by atoms with Gasteiger partial charge in [0.15, 0.2) is 0 Å². The molecule has 0 aromatic heterocycles. The number of benzene rings is 1. The van der Waals surface area contributed by atoms with E-state index in [9.17, 15) is 9.90 Å². The fourth-order valence-electron chi connectivity index (χ4n) is 2.98. The second-order valence-electron chi connectivity index (χ2n) is 5.76. The van der Waals surface area contributed by atoms with E-state index in [-0.39, 0.29) is 23.8 Å². The van der Waals surface area contributed by atoms with Gasteiger partial charge in [0.25, 0.3) is 0 Å². The number of ether oxygens (including phenoxy) is 1. The zero-order valence-electron chi connectivity index (χ0n) is 12.8. The second kappa shape index (κ2) is 6.31. The highest BCUT2D eigenvalue weighted by Crippen LogP contribution is 2.39. The Bertz CT molecular complexity index is 509.